The maximum atomic E-state index is 4.01. The molecule has 1 aliphatic carbocycles. The van der Waals surface area contributed by atoms with E-state index in [1.54, 1.807) is 0 Å². The smallest absolute Gasteiger partial charge is 0.0794 e. The molecule has 0 radical (unpaired) electrons. The third-order valence-corrected chi connectivity index (χ3v) is 3.08. The van der Waals surface area contributed by atoms with Crippen molar-refractivity contribution in [3.63, 3.8) is 0 Å². The third kappa shape index (κ3) is 3.00. The molecule has 0 aromatic heterocycles. The Morgan fingerprint density at radius 1 is 1.36 bits per heavy atom. The van der Waals surface area contributed by atoms with Crippen LogP contribution < -0.4 is 18.1 Å². The van der Waals surface area contributed by atoms with Gasteiger partial charge in [0.25, 0.3) is 0 Å². The van der Waals surface area contributed by atoms with E-state index < -0.39 is 0 Å². The molecular formula is C9H20ClN. The third-order valence-electron chi connectivity index (χ3n) is 3.08. The lowest BCUT2D eigenvalue weighted by Gasteiger charge is -2.33. The van der Waals surface area contributed by atoms with E-state index in [0.717, 1.165) is 12.5 Å². The quantitative estimate of drug-likeness (QED) is 0.503. The second kappa shape index (κ2) is 4.32. The zero-order valence-electron chi connectivity index (χ0n) is 7.70. The summed E-state index contributed by atoms with van der Waals surface area (Å²) < 4.78 is 0. The molecule has 1 nitrogen and oxygen atoms in total. The minimum Gasteiger partial charge on any atom is -1.00 e. The SMILES string of the molecule is CC1CCC(C)(C[NH3+])CC1.[Cl-]. The van der Waals surface area contributed by atoms with Crippen molar-refractivity contribution in [1.82, 2.24) is 0 Å². The van der Waals surface area contributed by atoms with Crippen molar-refractivity contribution in [2.75, 3.05) is 6.54 Å². The summed E-state index contributed by atoms with van der Waals surface area (Å²) in [6.45, 7) is 5.87. The second-order valence-corrected chi connectivity index (χ2v) is 4.24. The predicted octanol–water partition coefficient (Wildman–Crippen LogP) is -1.55. The Bertz CT molecular complexity index is 106. The van der Waals surface area contributed by atoms with Gasteiger partial charge >= 0.3 is 0 Å². The summed E-state index contributed by atoms with van der Waals surface area (Å²) in [6, 6.07) is 0. The first kappa shape index (κ1) is 11.2. The first-order valence-electron chi connectivity index (χ1n) is 4.45. The van der Waals surface area contributed by atoms with Gasteiger partial charge in [-0.05, 0) is 31.6 Å². The molecule has 0 unspecified atom stereocenters. The molecule has 68 valence electrons. The zero-order chi connectivity index (χ0) is 7.61. The Balaban J connectivity index is 0.000001000. The van der Waals surface area contributed by atoms with Crippen LogP contribution in [0, 0.1) is 11.3 Å². The number of hydrogen-bond donors (Lipinski definition) is 1. The maximum Gasteiger partial charge on any atom is 0.0794 e. The molecule has 0 spiro atoms. The molecule has 0 aromatic rings. The molecule has 0 heterocycles. The van der Waals surface area contributed by atoms with Gasteiger partial charge in [0, 0.05) is 5.41 Å². The van der Waals surface area contributed by atoms with Crippen molar-refractivity contribution in [2.24, 2.45) is 11.3 Å². The van der Waals surface area contributed by atoms with Crippen LogP contribution in [0.2, 0.25) is 0 Å². The Hall–Kier alpha value is 0.250. The molecule has 1 aliphatic rings. The van der Waals surface area contributed by atoms with Gasteiger partial charge in [0.05, 0.1) is 6.54 Å². The fourth-order valence-corrected chi connectivity index (χ4v) is 1.71. The van der Waals surface area contributed by atoms with Gasteiger partial charge in [-0.2, -0.15) is 0 Å². The van der Waals surface area contributed by atoms with Gasteiger partial charge in [-0.15, -0.1) is 0 Å². The Labute approximate surface area is 76.1 Å². The highest BCUT2D eigenvalue weighted by Crippen LogP contribution is 2.36. The lowest BCUT2D eigenvalue weighted by atomic mass is 9.72. The molecular weight excluding hydrogens is 158 g/mol. The van der Waals surface area contributed by atoms with Crippen LogP contribution in [0.25, 0.3) is 0 Å². The highest BCUT2D eigenvalue weighted by Gasteiger charge is 2.29. The van der Waals surface area contributed by atoms with Crippen molar-refractivity contribution < 1.29 is 18.1 Å². The van der Waals surface area contributed by atoms with E-state index in [9.17, 15) is 0 Å². The van der Waals surface area contributed by atoms with Crippen LogP contribution in [0.5, 0.6) is 0 Å². The van der Waals surface area contributed by atoms with Crippen LogP contribution in [0.1, 0.15) is 39.5 Å². The molecule has 2 heteroatoms. The van der Waals surface area contributed by atoms with Crippen molar-refractivity contribution in [3.8, 4) is 0 Å². The summed E-state index contributed by atoms with van der Waals surface area (Å²) in [6.07, 6.45) is 5.65. The van der Waals surface area contributed by atoms with Crippen molar-refractivity contribution in [1.29, 1.82) is 0 Å². The molecule has 0 bridgehead atoms. The summed E-state index contributed by atoms with van der Waals surface area (Å²) >= 11 is 0. The number of quaternary nitrogens is 1. The zero-order valence-corrected chi connectivity index (χ0v) is 8.45. The molecule has 0 aromatic carbocycles. The van der Waals surface area contributed by atoms with Gasteiger partial charge in [0.1, 0.15) is 0 Å². The molecule has 1 saturated carbocycles. The largest absolute Gasteiger partial charge is 1.00 e. The highest BCUT2D eigenvalue weighted by molar-refractivity contribution is 4.79. The van der Waals surface area contributed by atoms with Gasteiger partial charge in [-0.25, -0.2) is 0 Å². The van der Waals surface area contributed by atoms with Crippen molar-refractivity contribution in [3.05, 3.63) is 0 Å². The van der Waals surface area contributed by atoms with Crippen LogP contribution >= 0.6 is 0 Å². The number of halogens is 1. The first-order valence-corrected chi connectivity index (χ1v) is 4.45. The predicted molar refractivity (Wildman–Crippen MR) is 43.5 cm³/mol. The van der Waals surface area contributed by atoms with E-state index in [0.29, 0.717) is 5.41 Å². The van der Waals surface area contributed by atoms with Crippen LogP contribution in [-0.4, -0.2) is 6.54 Å². The highest BCUT2D eigenvalue weighted by atomic mass is 35.5. The van der Waals surface area contributed by atoms with E-state index in [-0.39, 0.29) is 12.4 Å². The van der Waals surface area contributed by atoms with E-state index in [2.05, 4.69) is 19.6 Å². The summed E-state index contributed by atoms with van der Waals surface area (Å²) in [5.41, 5.74) is 4.60. The van der Waals surface area contributed by atoms with Gasteiger partial charge < -0.3 is 18.1 Å². The lowest BCUT2D eigenvalue weighted by Crippen LogP contribution is -3.00. The molecule has 0 saturated heterocycles. The van der Waals surface area contributed by atoms with Gasteiger partial charge in [-0.3, -0.25) is 0 Å². The molecule has 0 atom stereocenters. The maximum absolute atomic E-state index is 4.01. The average molecular weight is 178 g/mol. The summed E-state index contributed by atoms with van der Waals surface area (Å²) in [7, 11) is 0. The molecule has 0 amide bonds. The Morgan fingerprint density at radius 3 is 2.18 bits per heavy atom. The topological polar surface area (TPSA) is 27.6 Å². The van der Waals surface area contributed by atoms with Crippen molar-refractivity contribution >= 4 is 0 Å². The summed E-state index contributed by atoms with van der Waals surface area (Å²) in [5, 5.41) is 0. The van der Waals surface area contributed by atoms with Crippen LogP contribution in [0.4, 0.5) is 0 Å². The Kier molecular flexibility index (Phi) is 4.42. The van der Waals surface area contributed by atoms with Crippen LogP contribution in [0.15, 0.2) is 0 Å². The minimum absolute atomic E-state index is 0. The Morgan fingerprint density at radius 2 is 1.82 bits per heavy atom. The minimum atomic E-state index is 0. The van der Waals surface area contributed by atoms with Crippen molar-refractivity contribution in [2.45, 2.75) is 39.5 Å². The molecule has 1 fully saturated rings. The number of rotatable bonds is 1. The summed E-state index contributed by atoms with van der Waals surface area (Å²) in [4.78, 5) is 0. The number of hydrogen-bond acceptors (Lipinski definition) is 0. The van der Waals surface area contributed by atoms with Crippen LogP contribution in [-0.2, 0) is 0 Å². The normalized spacial score (nSPS) is 37.9. The fraction of sp³-hybridized carbons (Fsp3) is 1.00. The second-order valence-electron chi connectivity index (χ2n) is 4.24. The lowest BCUT2D eigenvalue weighted by molar-refractivity contribution is -0.393. The molecule has 3 N–H and O–H groups in total. The standard InChI is InChI=1S/C9H19N.ClH/c1-8-3-5-9(2,7-10)6-4-8;/h8H,3-7,10H2,1-2H3;1H. The van der Waals surface area contributed by atoms with E-state index in [1.807, 2.05) is 0 Å². The van der Waals surface area contributed by atoms with Gasteiger partial charge in [0.15, 0.2) is 0 Å². The van der Waals surface area contributed by atoms with Gasteiger partial charge in [-0.1, -0.05) is 13.8 Å². The monoisotopic (exact) mass is 177 g/mol. The van der Waals surface area contributed by atoms with Crippen LogP contribution in [0.3, 0.4) is 0 Å². The molecule has 1 rings (SSSR count). The van der Waals surface area contributed by atoms with E-state index >= 15 is 0 Å². The first-order chi connectivity index (χ1) is 4.66. The fourth-order valence-electron chi connectivity index (χ4n) is 1.71. The summed E-state index contributed by atoms with van der Waals surface area (Å²) in [5.74, 6) is 0.972. The average Bonchev–Trinajstić information content (AvgIpc) is 1.96. The van der Waals surface area contributed by atoms with E-state index in [1.165, 1.54) is 25.7 Å². The van der Waals surface area contributed by atoms with Gasteiger partial charge in [0.2, 0.25) is 0 Å². The van der Waals surface area contributed by atoms with E-state index in [4.69, 9.17) is 0 Å². The molecule has 11 heavy (non-hydrogen) atoms. The molecule has 0 aliphatic heterocycles.